The van der Waals surface area contributed by atoms with Gasteiger partial charge in [0.2, 0.25) is 0 Å². The first-order chi connectivity index (χ1) is 11.2. The second kappa shape index (κ2) is 5.32. The van der Waals surface area contributed by atoms with Crippen LogP contribution in [0.1, 0.15) is 16.8 Å². The molecule has 0 saturated heterocycles. The lowest BCUT2D eigenvalue weighted by Gasteiger charge is -2.22. The molecule has 1 aliphatic heterocycles. The summed E-state index contributed by atoms with van der Waals surface area (Å²) in [7, 11) is -1.76. The lowest BCUT2D eigenvalue weighted by Crippen LogP contribution is -2.40. The number of hydrogen-bond donors (Lipinski definition) is 0. The third-order valence-corrected chi connectivity index (χ3v) is 8.27. The highest BCUT2D eigenvalue weighted by atomic mass is 28.3. The molecule has 0 unspecified atom stereocenters. The van der Waals surface area contributed by atoms with E-state index >= 15 is 0 Å². The molecule has 0 aliphatic carbocycles. The second-order valence-corrected chi connectivity index (χ2v) is 10.8. The van der Waals surface area contributed by atoms with Gasteiger partial charge in [-0.25, -0.2) is 0 Å². The van der Waals surface area contributed by atoms with Gasteiger partial charge in [-0.3, -0.25) is 4.98 Å². The fraction of sp³-hybridized carbons (Fsp3) is 0.0952. The van der Waals surface area contributed by atoms with E-state index in [0.717, 1.165) is 5.69 Å². The number of benzene rings is 2. The highest BCUT2D eigenvalue weighted by Crippen LogP contribution is 2.42. The Balaban J connectivity index is 2.08. The van der Waals surface area contributed by atoms with Crippen LogP contribution in [-0.2, 0) is 0 Å². The van der Waals surface area contributed by atoms with E-state index < -0.39 is 8.07 Å². The first-order valence-corrected chi connectivity index (χ1v) is 11.0. The molecule has 0 spiro atoms. The van der Waals surface area contributed by atoms with Crippen LogP contribution < -0.4 is 5.19 Å². The summed E-state index contributed by atoms with van der Waals surface area (Å²) in [4.78, 5) is 4.69. The van der Waals surface area contributed by atoms with Crippen LogP contribution in [0.25, 0.3) is 10.8 Å². The van der Waals surface area contributed by atoms with Crippen molar-refractivity contribution in [2.45, 2.75) is 13.1 Å². The molecule has 2 heterocycles. The summed E-state index contributed by atoms with van der Waals surface area (Å²) in [5, 5.41) is 2.96. The van der Waals surface area contributed by atoms with E-state index in [1.54, 1.807) is 0 Å². The minimum absolute atomic E-state index is 1.12. The number of rotatable bonds is 2. The average Bonchev–Trinajstić information content (AvgIpc) is 2.84. The minimum atomic E-state index is -1.76. The Morgan fingerprint density at radius 1 is 0.739 bits per heavy atom. The monoisotopic (exact) mass is 313 g/mol. The summed E-state index contributed by atoms with van der Waals surface area (Å²) in [6.07, 6.45) is 1.90. The third-order valence-electron chi connectivity index (χ3n) is 4.73. The Labute approximate surface area is 138 Å². The van der Waals surface area contributed by atoms with Crippen LogP contribution in [0.4, 0.5) is 0 Å². The van der Waals surface area contributed by atoms with Crippen LogP contribution in [-0.4, -0.2) is 13.1 Å². The zero-order valence-corrected chi connectivity index (χ0v) is 14.5. The molecule has 1 nitrogen and oxygen atoms in total. The Hall–Kier alpha value is -2.45. The van der Waals surface area contributed by atoms with Crippen molar-refractivity contribution < 1.29 is 0 Å². The van der Waals surface area contributed by atoms with Crippen molar-refractivity contribution in [3.05, 3.63) is 95.8 Å². The fourth-order valence-electron chi connectivity index (χ4n) is 3.69. The van der Waals surface area contributed by atoms with E-state index in [4.69, 9.17) is 4.98 Å². The van der Waals surface area contributed by atoms with E-state index in [1.165, 1.54) is 27.1 Å². The van der Waals surface area contributed by atoms with Gasteiger partial charge in [0, 0.05) is 6.20 Å². The molecule has 1 aromatic heterocycles. The molecule has 23 heavy (non-hydrogen) atoms. The normalized spacial score (nSPS) is 15.6. The molecule has 112 valence electrons. The third kappa shape index (κ3) is 2.18. The second-order valence-electron chi connectivity index (χ2n) is 6.50. The molecule has 0 fully saturated rings. The predicted octanol–water partition coefficient (Wildman–Crippen LogP) is 4.51. The van der Waals surface area contributed by atoms with Crippen molar-refractivity contribution in [2.24, 2.45) is 0 Å². The van der Waals surface area contributed by atoms with Crippen LogP contribution >= 0.6 is 0 Å². The summed E-state index contributed by atoms with van der Waals surface area (Å²) in [6.45, 7) is 4.87. The van der Waals surface area contributed by atoms with Gasteiger partial charge in [0.15, 0.2) is 0 Å². The summed E-state index contributed by atoms with van der Waals surface area (Å²) < 4.78 is 0. The molecule has 2 heteroatoms. The molecule has 0 N–H and O–H groups in total. The van der Waals surface area contributed by atoms with Crippen molar-refractivity contribution in [2.75, 3.05) is 0 Å². The maximum atomic E-state index is 4.69. The van der Waals surface area contributed by atoms with Gasteiger partial charge >= 0.3 is 0 Å². The zero-order chi connectivity index (χ0) is 15.9. The van der Waals surface area contributed by atoms with Gasteiger partial charge in [0.25, 0.3) is 0 Å². The first-order valence-electron chi connectivity index (χ1n) is 8.01. The van der Waals surface area contributed by atoms with Gasteiger partial charge < -0.3 is 0 Å². The average molecular weight is 313 g/mol. The van der Waals surface area contributed by atoms with Crippen molar-refractivity contribution in [1.29, 1.82) is 0 Å². The van der Waals surface area contributed by atoms with Crippen molar-refractivity contribution in [3.8, 4) is 0 Å². The number of nitrogens with zero attached hydrogens (tertiary/aromatic N) is 1. The molecule has 4 rings (SSSR count). The van der Waals surface area contributed by atoms with E-state index in [1.807, 2.05) is 12.3 Å². The predicted molar refractivity (Wildman–Crippen MR) is 100 cm³/mol. The zero-order valence-electron chi connectivity index (χ0n) is 13.5. The lowest BCUT2D eigenvalue weighted by atomic mass is 9.97. The Morgan fingerprint density at radius 2 is 1.43 bits per heavy atom. The van der Waals surface area contributed by atoms with Crippen LogP contribution in [0, 0.1) is 0 Å². The highest BCUT2D eigenvalue weighted by molar-refractivity contribution is 7.07. The highest BCUT2D eigenvalue weighted by Gasteiger charge is 2.40. The largest absolute Gasteiger partial charge is 0.257 e. The molecule has 0 amide bonds. The molecule has 0 radical (unpaired) electrons. The smallest absolute Gasteiger partial charge is 0.116 e. The van der Waals surface area contributed by atoms with Gasteiger partial charge in [0.05, 0.1) is 5.69 Å². The van der Waals surface area contributed by atoms with Crippen LogP contribution in [0.15, 0.2) is 79.0 Å². The SMILES string of the molecule is C[Si]1(C)C(c2ccccn2)=C(c2ccccc2)c2ccccc21. The molecule has 0 bridgehead atoms. The fourth-order valence-corrected chi connectivity index (χ4v) is 7.05. The number of pyridine rings is 1. The Bertz CT molecular complexity index is 880. The quantitative estimate of drug-likeness (QED) is 0.634. The molecule has 3 aromatic rings. The van der Waals surface area contributed by atoms with Gasteiger partial charge in [-0.15, -0.1) is 0 Å². The van der Waals surface area contributed by atoms with E-state index in [-0.39, 0.29) is 0 Å². The summed E-state index contributed by atoms with van der Waals surface area (Å²) in [6, 6.07) is 25.9. The molecular formula is C21H19NSi. The van der Waals surface area contributed by atoms with E-state index in [9.17, 15) is 0 Å². The molecule has 1 aliphatic rings. The van der Waals surface area contributed by atoms with Crippen molar-refractivity contribution in [1.82, 2.24) is 4.98 Å². The summed E-state index contributed by atoms with van der Waals surface area (Å²) >= 11 is 0. The van der Waals surface area contributed by atoms with Crippen molar-refractivity contribution >= 4 is 24.0 Å². The molecule has 0 saturated carbocycles. The lowest BCUT2D eigenvalue weighted by molar-refractivity contribution is 1.29. The van der Waals surface area contributed by atoms with Crippen molar-refractivity contribution in [3.63, 3.8) is 0 Å². The summed E-state index contributed by atoms with van der Waals surface area (Å²) in [5.41, 5.74) is 5.17. The summed E-state index contributed by atoms with van der Waals surface area (Å²) in [5.74, 6) is 0. The molecule has 0 atom stereocenters. The number of fused-ring (bicyclic) bond motifs is 1. The standard InChI is InChI=1S/C21H19NSi/c1-23(2)19-14-7-6-12-17(19)20(16-10-4-3-5-11-16)21(23)18-13-8-9-15-22-18/h3-15H,1-2H3. The Kier molecular flexibility index (Phi) is 3.28. The molecule has 2 aromatic carbocycles. The van der Waals surface area contributed by atoms with Crippen LogP contribution in [0.3, 0.4) is 0 Å². The van der Waals surface area contributed by atoms with Gasteiger partial charge in [-0.05, 0) is 39.2 Å². The minimum Gasteiger partial charge on any atom is -0.257 e. The number of aromatic nitrogens is 1. The topological polar surface area (TPSA) is 12.9 Å². The maximum absolute atomic E-state index is 4.69. The van der Waals surface area contributed by atoms with Crippen LogP contribution in [0.5, 0.6) is 0 Å². The van der Waals surface area contributed by atoms with E-state index in [0.29, 0.717) is 0 Å². The van der Waals surface area contributed by atoms with Gasteiger partial charge in [-0.2, -0.15) is 0 Å². The molecular weight excluding hydrogens is 294 g/mol. The number of hydrogen-bond acceptors (Lipinski definition) is 1. The maximum Gasteiger partial charge on any atom is 0.116 e. The first kappa shape index (κ1) is 14.2. The van der Waals surface area contributed by atoms with E-state index in [2.05, 4.69) is 79.8 Å². The van der Waals surface area contributed by atoms with Crippen LogP contribution in [0.2, 0.25) is 13.1 Å². The Morgan fingerprint density at radius 3 is 2.17 bits per heavy atom. The van der Waals surface area contributed by atoms with Gasteiger partial charge in [0.1, 0.15) is 8.07 Å². The van der Waals surface area contributed by atoms with Gasteiger partial charge in [-0.1, -0.05) is 73.8 Å².